The van der Waals surface area contributed by atoms with Crippen LogP contribution in [0.4, 0.5) is 5.69 Å². The van der Waals surface area contributed by atoms with Gasteiger partial charge < -0.3 is 9.47 Å². The van der Waals surface area contributed by atoms with Gasteiger partial charge in [-0.2, -0.15) is 0 Å². The molecule has 5 rings (SSSR count). The molecule has 0 radical (unpaired) electrons. The van der Waals surface area contributed by atoms with E-state index in [4.69, 9.17) is 9.47 Å². The molecule has 164 valence electrons. The van der Waals surface area contributed by atoms with E-state index in [2.05, 4.69) is 34.1 Å². The highest BCUT2D eigenvalue weighted by Gasteiger charge is 2.37. The number of nitro benzene ring substituents is 1. The first-order valence-electron chi connectivity index (χ1n) is 10.8. The van der Waals surface area contributed by atoms with Crippen LogP contribution in [-0.4, -0.2) is 34.6 Å². The third-order valence-corrected chi connectivity index (χ3v) is 6.04. The highest BCUT2D eigenvalue weighted by molar-refractivity contribution is 5.56. The van der Waals surface area contributed by atoms with Crippen LogP contribution in [0.1, 0.15) is 29.3 Å². The van der Waals surface area contributed by atoms with E-state index in [9.17, 15) is 10.1 Å². The summed E-state index contributed by atoms with van der Waals surface area (Å²) in [5.74, 6) is 0.996. The van der Waals surface area contributed by atoms with Crippen LogP contribution in [0.25, 0.3) is 0 Å². The fourth-order valence-corrected chi connectivity index (χ4v) is 4.62. The lowest BCUT2D eigenvalue weighted by Crippen LogP contribution is -2.47. The van der Waals surface area contributed by atoms with E-state index < -0.39 is 0 Å². The molecule has 0 aromatic heterocycles. The molecule has 3 aromatic carbocycles. The molecule has 0 unspecified atom stereocenters. The van der Waals surface area contributed by atoms with Crippen molar-refractivity contribution in [1.29, 1.82) is 0 Å². The molecule has 0 amide bonds. The van der Waals surface area contributed by atoms with E-state index in [-0.39, 0.29) is 23.6 Å². The molecule has 0 N–H and O–H groups in total. The van der Waals surface area contributed by atoms with E-state index in [0.29, 0.717) is 30.2 Å². The van der Waals surface area contributed by atoms with Crippen molar-refractivity contribution >= 4 is 5.69 Å². The predicted octanol–water partition coefficient (Wildman–Crippen LogP) is 4.73. The molecule has 1 saturated heterocycles. The van der Waals surface area contributed by atoms with Gasteiger partial charge in [0.2, 0.25) is 6.79 Å². The number of ether oxygens (including phenoxy) is 2. The average Bonchev–Trinajstić information content (AvgIpc) is 3.27. The van der Waals surface area contributed by atoms with Crippen LogP contribution < -0.4 is 9.47 Å². The largest absolute Gasteiger partial charge is 0.454 e. The van der Waals surface area contributed by atoms with E-state index in [1.165, 1.54) is 17.2 Å². The molecule has 7 nitrogen and oxygen atoms in total. The average molecular weight is 431 g/mol. The Kier molecular flexibility index (Phi) is 5.75. The van der Waals surface area contributed by atoms with E-state index in [1.807, 2.05) is 36.4 Å². The Morgan fingerprint density at radius 3 is 1.91 bits per heavy atom. The number of hydrogen-bond acceptors (Lipinski definition) is 6. The maximum atomic E-state index is 12.1. The summed E-state index contributed by atoms with van der Waals surface area (Å²) in [6.45, 7) is 3.22. The van der Waals surface area contributed by atoms with Crippen LogP contribution in [0.2, 0.25) is 0 Å². The van der Waals surface area contributed by atoms with Gasteiger partial charge >= 0.3 is 0 Å². The van der Waals surface area contributed by atoms with E-state index in [0.717, 1.165) is 19.5 Å². The molecular formula is C25H25N3O4. The number of nitrogens with zero attached hydrogens (tertiary/aromatic N) is 3. The van der Waals surface area contributed by atoms with Gasteiger partial charge in [-0.1, -0.05) is 60.7 Å². The summed E-state index contributed by atoms with van der Waals surface area (Å²) in [5, 5.41) is 12.1. The summed E-state index contributed by atoms with van der Waals surface area (Å²) in [6, 6.07) is 23.8. The quantitative estimate of drug-likeness (QED) is 0.415. The minimum absolute atomic E-state index is 0.0669. The van der Waals surface area contributed by atoms with Gasteiger partial charge in [0.1, 0.15) is 0 Å². The number of fused-ring (bicyclic) bond motifs is 1. The standard InChI is InChI=1S/C25H25N3O4/c29-28(30)22-15-24-23(31-18-32-24)14-21(22)25-26(16-19-8-3-1-4-9-19)12-7-13-27(25)17-20-10-5-2-6-11-20/h1-6,8-11,14-15,25H,7,12-13,16-18H2. The molecule has 0 saturated carbocycles. The summed E-state index contributed by atoms with van der Waals surface area (Å²) < 4.78 is 11.0. The highest BCUT2D eigenvalue weighted by Crippen LogP contribution is 2.44. The molecular weight excluding hydrogens is 406 g/mol. The van der Waals surface area contributed by atoms with Gasteiger partial charge in [0.05, 0.1) is 22.7 Å². The maximum Gasteiger partial charge on any atom is 0.279 e. The summed E-state index contributed by atoms with van der Waals surface area (Å²) in [4.78, 5) is 16.4. The summed E-state index contributed by atoms with van der Waals surface area (Å²) in [6.07, 6.45) is 0.744. The van der Waals surface area contributed by atoms with Crippen LogP contribution in [0, 0.1) is 10.1 Å². The lowest BCUT2D eigenvalue weighted by atomic mass is 10.0. The molecule has 3 aromatic rings. The van der Waals surface area contributed by atoms with E-state index >= 15 is 0 Å². The summed E-state index contributed by atoms with van der Waals surface area (Å²) in [7, 11) is 0. The summed E-state index contributed by atoms with van der Waals surface area (Å²) >= 11 is 0. The van der Waals surface area contributed by atoms with Crippen LogP contribution in [0.15, 0.2) is 72.8 Å². The van der Waals surface area contributed by atoms with Crippen molar-refractivity contribution in [2.24, 2.45) is 0 Å². The van der Waals surface area contributed by atoms with Crippen LogP contribution in [0.3, 0.4) is 0 Å². The second kappa shape index (κ2) is 8.98. The number of nitro groups is 1. The van der Waals surface area contributed by atoms with Crippen molar-refractivity contribution in [2.45, 2.75) is 25.7 Å². The zero-order chi connectivity index (χ0) is 21.9. The second-order valence-electron chi connectivity index (χ2n) is 8.16. The first-order valence-corrected chi connectivity index (χ1v) is 10.8. The second-order valence-corrected chi connectivity index (χ2v) is 8.16. The number of hydrogen-bond donors (Lipinski definition) is 0. The minimum atomic E-state index is -0.312. The van der Waals surface area contributed by atoms with Gasteiger partial charge in [-0.15, -0.1) is 0 Å². The lowest BCUT2D eigenvalue weighted by Gasteiger charge is -2.44. The molecule has 0 atom stereocenters. The molecule has 7 heteroatoms. The van der Waals surface area contributed by atoms with Crippen LogP contribution in [-0.2, 0) is 13.1 Å². The van der Waals surface area contributed by atoms with Crippen LogP contribution in [0.5, 0.6) is 11.5 Å². The van der Waals surface area contributed by atoms with Crippen molar-refractivity contribution in [1.82, 2.24) is 9.80 Å². The Hall–Kier alpha value is -3.42. The van der Waals surface area contributed by atoms with E-state index in [1.54, 1.807) is 6.07 Å². The Balaban J connectivity index is 1.57. The van der Waals surface area contributed by atoms with Gasteiger partial charge in [-0.25, -0.2) is 0 Å². The van der Waals surface area contributed by atoms with Gasteiger partial charge in [0, 0.05) is 26.2 Å². The zero-order valence-electron chi connectivity index (χ0n) is 17.7. The topological polar surface area (TPSA) is 68.1 Å². The number of rotatable bonds is 6. The van der Waals surface area contributed by atoms with Gasteiger partial charge in [-0.3, -0.25) is 19.9 Å². The molecule has 2 heterocycles. The SMILES string of the molecule is O=[N+]([O-])c1cc2c(cc1C1N(Cc3ccccc3)CCCN1Cc1ccccc1)OCO2. The monoisotopic (exact) mass is 431 g/mol. The third-order valence-electron chi connectivity index (χ3n) is 6.04. The Morgan fingerprint density at radius 1 is 0.844 bits per heavy atom. The third kappa shape index (κ3) is 4.17. The maximum absolute atomic E-state index is 12.1. The molecule has 0 bridgehead atoms. The van der Waals surface area contributed by atoms with Gasteiger partial charge in [0.25, 0.3) is 5.69 Å². The molecule has 0 spiro atoms. The Bertz CT molecular complexity index is 1040. The smallest absolute Gasteiger partial charge is 0.279 e. The van der Waals surface area contributed by atoms with Crippen LogP contribution >= 0.6 is 0 Å². The summed E-state index contributed by atoms with van der Waals surface area (Å²) in [5.41, 5.74) is 3.08. The Labute approximate surface area is 186 Å². The molecule has 2 aliphatic heterocycles. The normalized spacial score (nSPS) is 16.9. The van der Waals surface area contributed by atoms with Gasteiger partial charge in [-0.05, 0) is 23.6 Å². The van der Waals surface area contributed by atoms with Crippen molar-refractivity contribution < 1.29 is 14.4 Å². The van der Waals surface area contributed by atoms with Crippen molar-refractivity contribution in [3.05, 3.63) is 99.6 Å². The first kappa shape index (κ1) is 20.5. The molecule has 0 aliphatic carbocycles. The lowest BCUT2D eigenvalue weighted by molar-refractivity contribution is -0.386. The molecule has 1 fully saturated rings. The van der Waals surface area contributed by atoms with Crippen molar-refractivity contribution in [3.63, 3.8) is 0 Å². The van der Waals surface area contributed by atoms with Crippen molar-refractivity contribution in [2.75, 3.05) is 19.9 Å². The Morgan fingerprint density at radius 2 is 1.38 bits per heavy atom. The van der Waals surface area contributed by atoms with Crippen molar-refractivity contribution in [3.8, 4) is 11.5 Å². The zero-order valence-corrected chi connectivity index (χ0v) is 17.7. The minimum Gasteiger partial charge on any atom is -0.454 e. The highest BCUT2D eigenvalue weighted by atomic mass is 16.7. The predicted molar refractivity (Wildman–Crippen MR) is 120 cm³/mol. The number of benzene rings is 3. The van der Waals surface area contributed by atoms with Gasteiger partial charge in [0.15, 0.2) is 11.5 Å². The molecule has 32 heavy (non-hydrogen) atoms. The fourth-order valence-electron chi connectivity index (χ4n) is 4.62. The molecule has 2 aliphatic rings. The first-order chi connectivity index (χ1) is 15.7. The fraction of sp³-hybridized carbons (Fsp3) is 0.280.